The first-order chi connectivity index (χ1) is 7.24. The Balaban J connectivity index is 2.31. The first-order valence-electron chi connectivity index (χ1n) is 4.99. The minimum absolute atomic E-state index is 0.550. The molecule has 1 rings (SSSR count). The Morgan fingerprint density at radius 2 is 2.07 bits per heavy atom. The number of pyridine rings is 1. The van der Waals surface area contributed by atoms with E-state index in [-0.39, 0.29) is 0 Å². The van der Waals surface area contributed by atoms with Gasteiger partial charge in [0.2, 0.25) is 0 Å². The number of hydrogen-bond acceptors (Lipinski definition) is 3. The molecule has 0 bridgehead atoms. The van der Waals surface area contributed by atoms with Gasteiger partial charge in [0.1, 0.15) is 5.82 Å². The van der Waals surface area contributed by atoms with E-state index >= 15 is 0 Å². The van der Waals surface area contributed by atoms with Crippen molar-refractivity contribution in [1.82, 2.24) is 4.98 Å². The highest BCUT2D eigenvalue weighted by Crippen LogP contribution is 2.22. The number of halogens is 2. The topological polar surface area (TPSA) is 50.9 Å². The second-order valence-corrected chi connectivity index (χ2v) is 4.10. The van der Waals surface area contributed by atoms with Crippen LogP contribution in [0.4, 0.5) is 5.82 Å². The van der Waals surface area contributed by atoms with Crippen molar-refractivity contribution in [2.75, 3.05) is 18.4 Å². The summed E-state index contributed by atoms with van der Waals surface area (Å²) in [5.74, 6) is 0.689. The second kappa shape index (κ2) is 6.88. The van der Waals surface area contributed by atoms with Gasteiger partial charge in [0.15, 0.2) is 0 Å². The van der Waals surface area contributed by atoms with Crippen LogP contribution in [0, 0.1) is 0 Å². The molecule has 1 aromatic rings. The quantitative estimate of drug-likeness (QED) is 0.761. The average Bonchev–Trinajstić information content (AvgIpc) is 2.20. The fourth-order valence-corrected chi connectivity index (χ4v) is 1.64. The first kappa shape index (κ1) is 12.6. The van der Waals surface area contributed by atoms with Crippen molar-refractivity contribution in [2.45, 2.75) is 19.3 Å². The summed E-state index contributed by atoms with van der Waals surface area (Å²) in [4.78, 5) is 4.10. The Hall–Kier alpha value is -0.510. The maximum absolute atomic E-state index is 5.94. The molecule has 0 aliphatic rings. The van der Waals surface area contributed by atoms with Crippen LogP contribution in [0.1, 0.15) is 19.3 Å². The first-order valence-corrected chi connectivity index (χ1v) is 5.74. The Bertz CT molecular complexity index is 305. The maximum atomic E-state index is 5.94. The molecule has 84 valence electrons. The summed E-state index contributed by atoms with van der Waals surface area (Å²) < 4.78 is 0. The lowest BCUT2D eigenvalue weighted by Crippen LogP contribution is -2.05. The standard InChI is InChI=1S/C10H15Cl2N3/c11-8-6-9(12)10(15-7-8)14-5-3-1-2-4-13/h6-7H,1-5,13H2,(H,14,15). The molecule has 0 unspecified atom stereocenters. The highest BCUT2D eigenvalue weighted by Gasteiger charge is 2.01. The smallest absolute Gasteiger partial charge is 0.144 e. The molecule has 5 heteroatoms. The van der Waals surface area contributed by atoms with E-state index in [9.17, 15) is 0 Å². The average molecular weight is 248 g/mol. The third-order valence-corrected chi connectivity index (χ3v) is 2.48. The summed E-state index contributed by atoms with van der Waals surface area (Å²) in [5.41, 5.74) is 5.39. The highest BCUT2D eigenvalue weighted by atomic mass is 35.5. The minimum atomic E-state index is 0.550. The van der Waals surface area contributed by atoms with E-state index in [1.54, 1.807) is 12.3 Å². The normalized spacial score (nSPS) is 10.3. The van der Waals surface area contributed by atoms with Gasteiger partial charge in [-0.25, -0.2) is 4.98 Å². The van der Waals surface area contributed by atoms with Crippen molar-refractivity contribution in [3.05, 3.63) is 22.3 Å². The van der Waals surface area contributed by atoms with Crippen LogP contribution in [0.15, 0.2) is 12.3 Å². The van der Waals surface area contributed by atoms with Crippen molar-refractivity contribution in [3.63, 3.8) is 0 Å². The molecule has 0 atom stereocenters. The van der Waals surface area contributed by atoms with Crippen LogP contribution in [-0.4, -0.2) is 18.1 Å². The zero-order valence-corrected chi connectivity index (χ0v) is 9.98. The molecule has 0 saturated carbocycles. The molecule has 0 saturated heterocycles. The van der Waals surface area contributed by atoms with Crippen LogP contribution in [-0.2, 0) is 0 Å². The molecular formula is C10H15Cl2N3. The molecule has 0 amide bonds. The van der Waals surface area contributed by atoms with Gasteiger partial charge in [-0.05, 0) is 25.5 Å². The van der Waals surface area contributed by atoms with Gasteiger partial charge in [0, 0.05) is 12.7 Å². The van der Waals surface area contributed by atoms with E-state index in [1.807, 2.05) is 0 Å². The summed E-state index contributed by atoms with van der Waals surface area (Å²) in [6, 6.07) is 1.68. The molecule has 0 fully saturated rings. The fraction of sp³-hybridized carbons (Fsp3) is 0.500. The molecule has 15 heavy (non-hydrogen) atoms. The van der Waals surface area contributed by atoms with Gasteiger partial charge in [0.25, 0.3) is 0 Å². The molecule has 0 aliphatic carbocycles. The minimum Gasteiger partial charge on any atom is -0.369 e. The molecule has 1 heterocycles. The van der Waals surface area contributed by atoms with Gasteiger partial charge in [-0.1, -0.05) is 29.6 Å². The van der Waals surface area contributed by atoms with Gasteiger partial charge >= 0.3 is 0 Å². The Morgan fingerprint density at radius 1 is 1.27 bits per heavy atom. The molecule has 0 radical (unpaired) electrons. The van der Waals surface area contributed by atoms with Crippen molar-refractivity contribution >= 4 is 29.0 Å². The Kier molecular flexibility index (Phi) is 5.76. The maximum Gasteiger partial charge on any atom is 0.144 e. The largest absolute Gasteiger partial charge is 0.369 e. The van der Waals surface area contributed by atoms with E-state index in [0.29, 0.717) is 15.9 Å². The summed E-state index contributed by atoms with van der Waals surface area (Å²) in [5, 5.41) is 4.26. The number of unbranched alkanes of at least 4 members (excludes halogenated alkanes) is 2. The molecule has 3 N–H and O–H groups in total. The van der Waals surface area contributed by atoms with Crippen LogP contribution in [0.3, 0.4) is 0 Å². The van der Waals surface area contributed by atoms with Crippen LogP contribution in [0.5, 0.6) is 0 Å². The monoisotopic (exact) mass is 247 g/mol. The predicted molar refractivity (Wildman–Crippen MR) is 65.7 cm³/mol. The number of nitrogens with two attached hydrogens (primary N) is 1. The Morgan fingerprint density at radius 3 is 2.73 bits per heavy atom. The molecular weight excluding hydrogens is 233 g/mol. The third-order valence-electron chi connectivity index (χ3n) is 1.98. The highest BCUT2D eigenvalue weighted by molar-refractivity contribution is 6.35. The van der Waals surface area contributed by atoms with Crippen molar-refractivity contribution in [1.29, 1.82) is 0 Å². The summed E-state index contributed by atoms with van der Waals surface area (Å²) in [6.45, 7) is 1.61. The number of rotatable bonds is 6. The molecule has 0 aliphatic heterocycles. The number of hydrogen-bond donors (Lipinski definition) is 2. The van der Waals surface area contributed by atoms with Crippen LogP contribution < -0.4 is 11.1 Å². The van der Waals surface area contributed by atoms with E-state index < -0.39 is 0 Å². The van der Waals surface area contributed by atoms with Crippen molar-refractivity contribution in [2.24, 2.45) is 5.73 Å². The lowest BCUT2D eigenvalue weighted by molar-refractivity contribution is 0.706. The fourth-order valence-electron chi connectivity index (χ4n) is 1.20. The zero-order chi connectivity index (χ0) is 11.1. The van der Waals surface area contributed by atoms with Gasteiger partial charge in [-0.15, -0.1) is 0 Å². The number of nitrogens with one attached hydrogen (secondary N) is 1. The zero-order valence-electron chi connectivity index (χ0n) is 8.47. The molecule has 1 aromatic heterocycles. The van der Waals surface area contributed by atoms with E-state index in [0.717, 1.165) is 32.4 Å². The van der Waals surface area contributed by atoms with Crippen molar-refractivity contribution in [3.8, 4) is 0 Å². The van der Waals surface area contributed by atoms with E-state index in [2.05, 4.69) is 10.3 Å². The van der Waals surface area contributed by atoms with E-state index in [4.69, 9.17) is 28.9 Å². The van der Waals surface area contributed by atoms with Crippen LogP contribution >= 0.6 is 23.2 Å². The number of anilines is 1. The third kappa shape index (κ3) is 4.69. The SMILES string of the molecule is NCCCCCNc1ncc(Cl)cc1Cl. The summed E-state index contributed by atoms with van der Waals surface area (Å²) in [7, 11) is 0. The molecule has 0 aromatic carbocycles. The van der Waals surface area contributed by atoms with Crippen molar-refractivity contribution < 1.29 is 0 Å². The van der Waals surface area contributed by atoms with Gasteiger partial charge in [0.05, 0.1) is 10.0 Å². The number of aromatic nitrogens is 1. The van der Waals surface area contributed by atoms with Gasteiger partial charge < -0.3 is 11.1 Å². The van der Waals surface area contributed by atoms with Crippen LogP contribution in [0.25, 0.3) is 0 Å². The van der Waals surface area contributed by atoms with Crippen LogP contribution in [0.2, 0.25) is 10.0 Å². The lowest BCUT2D eigenvalue weighted by atomic mass is 10.2. The van der Waals surface area contributed by atoms with E-state index in [1.165, 1.54) is 0 Å². The number of nitrogens with zero attached hydrogens (tertiary/aromatic N) is 1. The summed E-state index contributed by atoms with van der Waals surface area (Å²) >= 11 is 11.7. The lowest BCUT2D eigenvalue weighted by Gasteiger charge is -2.06. The molecule has 3 nitrogen and oxygen atoms in total. The Labute approximate surface area is 100.0 Å². The van der Waals surface area contributed by atoms with Gasteiger partial charge in [-0.2, -0.15) is 0 Å². The van der Waals surface area contributed by atoms with Gasteiger partial charge in [-0.3, -0.25) is 0 Å². The predicted octanol–water partition coefficient (Wildman–Crippen LogP) is 2.93. The summed E-state index contributed by atoms with van der Waals surface area (Å²) in [6.07, 6.45) is 4.83. The molecule has 0 spiro atoms. The second-order valence-electron chi connectivity index (χ2n) is 3.26.